The summed E-state index contributed by atoms with van der Waals surface area (Å²) in [5.41, 5.74) is 0.205. The first-order chi connectivity index (χ1) is 10.8. The first kappa shape index (κ1) is 17.3. The molecule has 0 aliphatic rings. The largest absolute Gasteiger partial charge is 0.416 e. The first-order valence-electron chi connectivity index (χ1n) is 6.73. The minimum atomic E-state index is -4.45. The lowest BCUT2D eigenvalue weighted by Gasteiger charge is -2.13. The van der Waals surface area contributed by atoms with Gasteiger partial charge in [-0.2, -0.15) is 13.2 Å². The highest BCUT2D eigenvalue weighted by atomic mass is 79.9. The molecule has 0 heterocycles. The molecule has 2 N–H and O–H groups in total. The van der Waals surface area contributed by atoms with Crippen LogP contribution in [0.2, 0.25) is 0 Å². The van der Waals surface area contributed by atoms with E-state index < -0.39 is 17.6 Å². The zero-order chi connectivity index (χ0) is 17.0. The van der Waals surface area contributed by atoms with Gasteiger partial charge in [-0.15, -0.1) is 0 Å². The molecule has 7 heteroatoms. The van der Waals surface area contributed by atoms with Crippen molar-refractivity contribution in [3.05, 3.63) is 58.1 Å². The summed E-state index contributed by atoms with van der Waals surface area (Å²) in [4.78, 5) is 11.9. The number of amides is 1. The van der Waals surface area contributed by atoms with E-state index in [9.17, 15) is 18.0 Å². The predicted octanol–water partition coefficient (Wildman–Crippen LogP) is 4.83. The highest BCUT2D eigenvalue weighted by Gasteiger charge is 2.32. The molecule has 23 heavy (non-hydrogen) atoms. The molecular weight excluding hydrogens is 373 g/mol. The number of benzene rings is 2. The van der Waals surface area contributed by atoms with Crippen molar-refractivity contribution >= 4 is 33.2 Å². The smallest absolute Gasteiger partial charge is 0.376 e. The molecule has 2 aromatic rings. The molecule has 0 radical (unpaired) electrons. The summed E-state index contributed by atoms with van der Waals surface area (Å²) in [6.07, 6.45) is -4.45. The van der Waals surface area contributed by atoms with E-state index in [1.165, 1.54) is 19.1 Å². The van der Waals surface area contributed by atoms with E-state index in [2.05, 4.69) is 26.6 Å². The monoisotopic (exact) mass is 386 g/mol. The molecule has 0 aliphatic carbocycles. The molecular formula is C16H14BrF3N2O. The molecule has 0 bridgehead atoms. The Morgan fingerprint density at radius 1 is 1.13 bits per heavy atom. The Morgan fingerprint density at radius 3 is 2.52 bits per heavy atom. The van der Waals surface area contributed by atoms with E-state index >= 15 is 0 Å². The number of aryl methyl sites for hydroxylation is 1. The van der Waals surface area contributed by atoms with Gasteiger partial charge >= 0.3 is 6.18 Å². The fourth-order valence-electron chi connectivity index (χ4n) is 1.99. The zero-order valence-corrected chi connectivity index (χ0v) is 13.8. The topological polar surface area (TPSA) is 41.1 Å². The van der Waals surface area contributed by atoms with Crippen LogP contribution in [0.3, 0.4) is 0 Å². The standard InChI is InChI=1S/C16H14BrF3N2O/c1-10-5-6-13(8-14(10)16(18,19)20)22-15(23)9-21-12-4-2-3-11(17)7-12/h2-8,21H,9H2,1H3,(H,22,23). The average Bonchev–Trinajstić information content (AvgIpc) is 2.46. The number of alkyl halides is 3. The van der Waals surface area contributed by atoms with Crippen LogP contribution in [0.5, 0.6) is 0 Å². The lowest BCUT2D eigenvalue weighted by molar-refractivity contribution is -0.138. The third-order valence-electron chi connectivity index (χ3n) is 3.10. The Morgan fingerprint density at radius 2 is 1.87 bits per heavy atom. The minimum absolute atomic E-state index is 0.0499. The molecule has 0 aromatic heterocycles. The van der Waals surface area contributed by atoms with Crippen LogP contribution in [-0.4, -0.2) is 12.5 Å². The Labute approximate surface area is 140 Å². The van der Waals surface area contributed by atoms with Gasteiger partial charge in [0.25, 0.3) is 0 Å². The Bertz CT molecular complexity index is 717. The van der Waals surface area contributed by atoms with Gasteiger partial charge in [-0.1, -0.05) is 28.1 Å². The highest BCUT2D eigenvalue weighted by molar-refractivity contribution is 9.10. The number of nitrogens with one attached hydrogen (secondary N) is 2. The fourth-order valence-corrected chi connectivity index (χ4v) is 2.39. The molecule has 0 saturated heterocycles. The normalized spacial score (nSPS) is 11.2. The van der Waals surface area contributed by atoms with E-state index in [0.29, 0.717) is 0 Å². The second-order valence-electron chi connectivity index (χ2n) is 4.94. The SMILES string of the molecule is Cc1ccc(NC(=O)CNc2cccc(Br)c2)cc1C(F)(F)F. The van der Waals surface area contributed by atoms with Crippen molar-refractivity contribution in [2.24, 2.45) is 0 Å². The molecule has 0 spiro atoms. The van der Waals surface area contributed by atoms with Gasteiger partial charge < -0.3 is 10.6 Å². The molecule has 2 aromatic carbocycles. The van der Waals surface area contributed by atoms with Crippen LogP contribution >= 0.6 is 15.9 Å². The zero-order valence-electron chi connectivity index (χ0n) is 12.2. The van der Waals surface area contributed by atoms with E-state index in [4.69, 9.17) is 0 Å². The highest BCUT2D eigenvalue weighted by Crippen LogP contribution is 2.33. The number of halogens is 4. The number of rotatable bonds is 4. The van der Waals surface area contributed by atoms with E-state index in [1.807, 2.05) is 6.07 Å². The van der Waals surface area contributed by atoms with Gasteiger partial charge in [-0.25, -0.2) is 0 Å². The summed E-state index contributed by atoms with van der Waals surface area (Å²) in [5, 5.41) is 5.35. The van der Waals surface area contributed by atoms with Crippen LogP contribution < -0.4 is 10.6 Å². The maximum absolute atomic E-state index is 12.8. The molecule has 0 unspecified atom stereocenters. The molecule has 2 rings (SSSR count). The van der Waals surface area contributed by atoms with Gasteiger partial charge in [0.2, 0.25) is 5.91 Å². The predicted molar refractivity (Wildman–Crippen MR) is 87.4 cm³/mol. The number of hydrogen-bond acceptors (Lipinski definition) is 2. The molecule has 0 saturated carbocycles. The summed E-state index contributed by atoms with van der Waals surface area (Å²) in [5.74, 6) is -0.429. The van der Waals surface area contributed by atoms with Crippen LogP contribution in [0, 0.1) is 6.92 Å². The third-order valence-corrected chi connectivity index (χ3v) is 3.60. The summed E-state index contributed by atoms with van der Waals surface area (Å²) in [7, 11) is 0. The quantitative estimate of drug-likeness (QED) is 0.790. The van der Waals surface area contributed by atoms with E-state index in [0.717, 1.165) is 16.2 Å². The lowest BCUT2D eigenvalue weighted by atomic mass is 10.1. The summed E-state index contributed by atoms with van der Waals surface area (Å²) in [6, 6.07) is 10.9. The van der Waals surface area contributed by atoms with E-state index in [-0.39, 0.29) is 17.8 Å². The Hall–Kier alpha value is -2.02. The summed E-state index contributed by atoms with van der Waals surface area (Å²) >= 11 is 3.31. The van der Waals surface area contributed by atoms with Crippen molar-refractivity contribution in [1.29, 1.82) is 0 Å². The average molecular weight is 387 g/mol. The van der Waals surface area contributed by atoms with Gasteiger partial charge in [0.05, 0.1) is 12.1 Å². The summed E-state index contributed by atoms with van der Waals surface area (Å²) < 4.78 is 39.4. The minimum Gasteiger partial charge on any atom is -0.376 e. The lowest BCUT2D eigenvalue weighted by Crippen LogP contribution is -2.22. The van der Waals surface area contributed by atoms with Crippen molar-refractivity contribution in [2.45, 2.75) is 13.1 Å². The fraction of sp³-hybridized carbons (Fsp3) is 0.188. The Kier molecular flexibility index (Phi) is 5.30. The van der Waals surface area contributed by atoms with Gasteiger partial charge in [0.1, 0.15) is 0 Å². The van der Waals surface area contributed by atoms with Crippen molar-refractivity contribution in [2.75, 3.05) is 17.2 Å². The molecule has 3 nitrogen and oxygen atoms in total. The van der Waals surface area contributed by atoms with Crippen LogP contribution in [0.1, 0.15) is 11.1 Å². The number of anilines is 2. The first-order valence-corrected chi connectivity index (χ1v) is 7.52. The van der Waals surface area contributed by atoms with Crippen LogP contribution in [0.15, 0.2) is 46.9 Å². The maximum atomic E-state index is 12.8. The van der Waals surface area contributed by atoms with Crippen molar-refractivity contribution in [3.8, 4) is 0 Å². The van der Waals surface area contributed by atoms with Gasteiger partial charge in [0, 0.05) is 15.8 Å². The Balaban J connectivity index is 2.00. The van der Waals surface area contributed by atoms with Crippen molar-refractivity contribution < 1.29 is 18.0 Å². The van der Waals surface area contributed by atoms with Crippen molar-refractivity contribution in [3.63, 3.8) is 0 Å². The van der Waals surface area contributed by atoms with Gasteiger partial charge in [-0.3, -0.25) is 4.79 Å². The van der Waals surface area contributed by atoms with Gasteiger partial charge in [0.15, 0.2) is 0 Å². The molecule has 0 atom stereocenters. The van der Waals surface area contributed by atoms with Crippen LogP contribution in [-0.2, 0) is 11.0 Å². The van der Waals surface area contributed by atoms with E-state index in [1.54, 1.807) is 18.2 Å². The second kappa shape index (κ2) is 7.04. The molecule has 0 fully saturated rings. The number of hydrogen-bond donors (Lipinski definition) is 2. The van der Waals surface area contributed by atoms with Crippen molar-refractivity contribution in [1.82, 2.24) is 0 Å². The maximum Gasteiger partial charge on any atom is 0.416 e. The number of carbonyl (C=O) groups excluding carboxylic acids is 1. The molecule has 122 valence electrons. The second-order valence-corrected chi connectivity index (χ2v) is 5.86. The van der Waals surface area contributed by atoms with Crippen LogP contribution in [0.4, 0.5) is 24.5 Å². The number of carbonyl (C=O) groups is 1. The summed E-state index contributed by atoms with van der Waals surface area (Å²) in [6.45, 7) is 1.33. The molecule has 0 aliphatic heterocycles. The third kappa shape index (κ3) is 4.99. The van der Waals surface area contributed by atoms with Gasteiger partial charge in [-0.05, 0) is 42.8 Å². The molecule has 1 amide bonds. The van der Waals surface area contributed by atoms with Crippen LogP contribution in [0.25, 0.3) is 0 Å².